The van der Waals surface area contributed by atoms with Crippen LogP contribution in [0.15, 0.2) is 53.7 Å². The summed E-state index contributed by atoms with van der Waals surface area (Å²) in [5.41, 5.74) is 5.48. The number of hydrazine groups is 1. The van der Waals surface area contributed by atoms with Crippen molar-refractivity contribution in [3.05, 3.63) is 54.1 Å². The second-order valence-corrected chi connectivity index (χ2v) is 9.54. The zero-order valence-corrected chi connectivity index (χ0v) is 19.2. The van der Waals surface area contributed by atoms with E-state index < -0.39 is 17.5 Å². The molecule has 0 atom stereocenters. The van der Waals surface area contributed by atoms with E-state index >= 15 is 0 Å². The number of aryl methyl sites for hydroxylation is 1. The minimum Gasteiger partial charge on any atom is -0.322 e. The highest BCUT2D eigenvalue weighted by atomic mass is 32.2. The second kappa shape index (κ2) is 8.55. The minimum atomic E-state index is -0.866. The van der Waals surface area contributed by atoms with Gasteiger partial charge in [0.1, 0.15) is 5.54 Å². The molecule has 2 heterocycles. The predicted molar refractivity (Wildman–Crippen MR) is 126 cm³/mol. The number of carbonyl (C=O) groups is 3. The van der Waals surface area contributed by atoms with Crippen LogP contribution in [0.1, 0.15) is 37.7 Å². The van der Waals surface area contributed by atoms with E-state index in [0.717, 1.165) is 46.6 Å². The van der Waals surface area contributed by atoms with Crippen LogP contribution in [0.2, 0.25) is 0 Å². The molecular formula is C24H25N5O3S. The van der Waals surface area contributed by atoms with Crippen LogP contribution in [0.3, 0.4) is 0 Å². The predicted octanol–water partition coefficient (Wildman–Crippen LogP) is 3.71. The molecule has 0 unspecified atom stereocenters. The van der Waals surface area contributed by atoms with Crippen molar-refractivity contribution >= 4 is 40.6 Å². The first-order valence-electron chi connectivity index (χ1n) is 11.1. The monoisotopic (exact) mass is 463 g/mol. The summed E-state index contributed by atoms with van der Waals surface area (Å²) in [5, 5.41) is 4.31. The summed E-state index contributed by atoms with van der Waals surface area (Å²) < 4.78 is 2.02. The van der Waals surface area contributed by atoms with Crippen molar-refractivity contribution in [1.82, 2.24) is 25.3 Å². The Morgan fingerprint density at radius 3 is 2.70 bits per heavy atom. The average molecular weight is 464 g/mol. The van der Waals surface area contributed by atoms with Crippen molar-refractivity contribution in [2.75, 3.05) is 5.75 Å². The Labute approximate surface area is 195 Å². The van der Waals surface area contributed by atoms with Crippen LogP contribution in [-0.2, 0) is 9.59 Å². The third-order valence-corrected chi connectivity index (χ3v) is 7.17. The molecule has 1 aliphatic heterocycles. The van der Waals surface area contributed by atoms with Crippen molar-refractivity contribution < 1.29 is 14.4 Å². The fraction of sp³-hybridized carbons (Fsp3) is 0.333. The number of urea groups is 1. The van der Waals surface area contributed by atoms with E-state index in [1.165, 1.54) is 11.8 Å². The molecular weight excluding hydrogens is 438 g/mol. The number of nitrogens with zero attached hydrogens (tertiary/aromatic N) is 3. The molecule has 9 heteroatoms. The van der Waals surface area contributed by atoms with Crippen molar-refractivity contribution in [3.63, 3.8) is 0 Å². The number of aromatic nitrogens is 2. The number of amides is 4. The Morgan fingerprint density at radius 2 is 1.91 bits per heavy atom. The maximum atomic E-state index is 12.9. The second-order valence-electron chi connectivity index (χ2n) is 8.59. The summed E-state index contributed by atoms with van der Waals surface area (Å²) in [6.07, 6.45) is 4.05. The quantitative estimate of drug-likeness (QED) is 0.444. The highest BCUT2D eigenvalue weighted by Crippen LogP contribution is 2.33. The van der Waals surface area contributed by atoms with Crippen LogP contribution >= 0.6 is 11.8 Å². The molecule has 2 aromatic carbocycles. The molecule has 0 bridgehead atoms. The number of para-hydroxylation sites is 2. The number of imidazole rings is 1. The summed E-state index contributed by atoms with van der Waals surface area (Å²) in [6, 6.07) is 15.3. The van der Waals surface area contributed by atoms with Gasteiger partial charge in [-0.1, -0.05) is 55.3 Å². The van der Waals surface area contributed by atoms with Crippen molar-refractivity contribution in [2.24, 2.45) is 0 Å². The van der Waals surface area contributed by atoms with Crippen molar-refractivity contribution in [2.45, 2.75) is 49.7 Å². The Bertz CT molecular complexity index is 1250. The topological polar surface area (TPSA) is 96.3 Å². The van der Waals surface area contributed by atoms with Gasteiger partial charge in [0.05, 0.1) is 16.8 Å². The number of hydrogen-bond donors (Lipinski definition) is 2. The maximum absolute atomic E-state index is 12.9. The molecule has 33 heavy (non-hydrogen) atoms. The molecule has 3 aromatic rings. The van der Waals surface area contributed by atoms with Crippen LogP contribution in [0.25, 0.3) is 16.7 Å². The van der Waals surface area contributed by atoms with Gasteiger partial charge in [-0.3, -0.25) is 19.6 Å². The number of hydrogen-bond acceptors (Lipinski definition) is 5. The van der Waals surface area contributed by atoms with Crippen LogP contribution in [0, 0.1) is 6.92 Å². The highest BCUT2D eigenvalue weighted by molar-refractivity contribution is 7.99. The lowest BCUT2D eigenvalue weighted by Crippen LogP contribution is -2.51. The largest absolute Gasteiger partial charge is 0.344 e. The number of rotatable bonds is 5. The molecule has 8 nitrogen and oxygen atoms in total. The Balaban J connectivity index is 1.33. The number of fused-ring (bicyclic) bond motifs is 1. The Morgan fingerprint density at radius 1 is 1.12 bits per heavy atom. The number of carbonyl (C=O) groups excluding carboxylic acids is 3. The van der Waals surface area contributed by atoms with E-state index in [-0.39, 0.29) is 11.7 Å². The molecule has 0 radical (unpaired) electrons. The summed E-state index contributed by atoms with van der Waals surface area (Å²) in [4.78, 5) is 42.7. The molecule has 2 fully saturated rings. The zero-order chi connectivity index (χ0) is 23.0. The van der Waals surface area contributed by atoms with Gasteiger partial charge in [-0.15, -0.1) is 0 Å². The third-order valence-electron chi connectivity index (χ3n) is 6.23. The first kappa shape index (κ1) is 21.5. The van der Waals surface area contributed by atoms with Gasteiger partial charge < -0.3 is 5.32 Å². The molecule has 2 aliphatic rings. The maximum Gasteiger partial charge on any atom is 0.344 e. The molecule has 1 saturated carbocycles. The van der Waals surface area contributed by atoms with E-state index in [1.807, 2.05) is 54.0 Å². The summed E-state index contributed by atoms with van der Waals surface area (Å²) >= 11 is 1.26. The highest BCUT2D eigenvalue weighted by Gasteiger charge is 2.52. The summed E-state index contributed by atoms with van der Waals surface area (Å²) in [6.45, 7) is 2.03. The van der Waals surface area contributed by atoms with Gasteiger partial charge >= 0.3 is 6.03 Å². The lowest BCUT2D eigenvalue weighted by atomic mass is 9.82. The van der Waals surface area contributed by atoms with Gasteiger partial charge in [-0.2, -0.15) is 5.01 Å². The lowest BCUT2D eigenvalue weighted by molar-refractivity contribution is -0.139. The van der Waals surface area contributed by atoms with Crippen molar-refractivity contribution in [3.8, 4) is 5.69 Å². The Hall–Kier alpha value is -3.33. The zero-order valence-electron chi connectivity index (χ0n) is 18.3. The van der Waals surface area contributed by atoms with Crippen molar-refractivity contribution in [1.29, 1.82) is 0 Å². The van der Waals surface area contributed by atoms with Gasteiger partial charge in [0, 0.05) is 5.69 Å². The number of nitrogens with one attached hydrogen (secondary N) is 2. The van der Waals surface area contributed by atoms with Gasteiger partial charge in [0.15, 0.2) is 5.16 Å². The molecule has 4 amide bonds. The number of thioether (sulfide) groups is 1. The fourth-order valence-electron chi connectivity index (χ4n) is 4.62. The van der Waals surface area contributed by atoms with Crippen LogP contribution in [0.4, 0.5) is 4.79 Å². The van der Waals surface area contributed by atoms with Gasteiger partial charge in [-0.05, 0) is 49.6 Å². The Kier molecular flexibility index (Phi) is 5.57. The van der Waals surface area contributed by atoms with Crippen LogP contribution in [-0.4, -0.2) is 43.7 Å². The van der Waals surface area contributed by atoms with E-state index in [1.54, 1.807) is 0 Å². The molecule has 1 spiro atoms. The normalized spacial score (nSPS) is 17.5. The third kappa shape index (κ3) is 3.97. The van der Waals surface area contributed by atoms with Gasteiger partial charge in [-0.25, -0.2) is 9.78 Å². The molecule has 1 saturated heterocycles. The van der Waals surface area contributed by atoms with E-state index in [9.17, 15) is 14.4 Å². The van der Waals surface area contributed by atoms with E-state index in [0.29, 0.717) is 18.0 Å². The van der Waals surface area contributed by atoms with Crippen LogP contribution in [0.5, 0.6) is 0 Å². The van der Waals surface area contributed by atoms with E-state index in [2.05, 4.69) is 16.8 Å². The minimum absolute atomic E-state index is 0.0131. The number of imide groups is 1. The van der Waals surface area contributed by atoms with Crippen LogP contribution < -0.4 is 10.7 Å². The SMILES string of the molecule is Cc1cccc(-n2c(SCC(=O)NN3C(=O)NC4(CCCCC4)C3=O)nc3ccccc32)c1. The molecule has 1 aliphatic carbocycles. The first-order valence-corrected chi connectivity index (χ1v) is 12.1. The summed E-state index contributed by atoms with van der Waals surface area (Å²) in [7, 11) is 0. The lowest BCUT2D eigenvalue weighted by Gasteiger charge is -2.30. The molecule has 2 N–H and O–H groups in total. The standard InChI is InChI=1S/C24H25N5O3S/c1-16-8-7-9-17(14-16)28-19-11-4-3-10-18(19)25-23(28)33-15-20(30)27-29-21(31)24(26-22(29)32)12-5-2-6-13-24/h3-4,7-11,14H,2,5-6,12-13,15H2,1H3,(H,26,32)(H,27,30). The van der Waals surface area contributed by atoms with Gasteiger partial charge in [0.25, 0.3) is 5.91 Å². The average Bonchev–Trinajstić information content (AvgIpc) is 3.29. The molecule has 1 aromatic heterocycles. The number of benzene rings is 2. The first-order chi connectivity index (χ1) is 16.0. The smallest absolute Gasteiger partial charge is 0.322 e. The van der Waals surface area contributed by atoms with Gasteiger partial charge in [0.2, 0.25) is 5.91 Å². The van der Waals surface area contributed by atoms with E-state index in [4.69, 9.17) is 4.98 Å². The fourth-order valence-corrected chi connectivity index (χ4v) is 5.44. The molecule has 5 rings (SSSR count). The molecule has 170 valence electrons. The summed E-state index contributed by atoms with van der Waals surface area (Å²) in [5.74, 6) is -0.782.